The van der Waals surface area contributed by atoms with Crippen molar-refractivity contribution < 1.29 is 14.7 Å². The molecule has 0 unspecified atom stereocenters. The number of hydrogen-bond acceptors (Lipinski definition) is 6. The number of carboxylic acids is 1. The molecule has 2 aliphatic rings. The first-order chi connectivity index (χ1) is 12.5. The number of pyridine rings is 1. The van der Waals surface area contributed by atoms with Gasteiger partial charge in [-0.2, -0.15) is 0 Å². The van der Waals surface area contributed by atoms with Gasteiger partial charge in [0.2, 0.25) is 5.82 Å². The van der Waals surface area contributed by atoms with Crippen molar-refractivity contribution in [3.8, 4) is 0 Å². The Kier molecular flexibility index (Phi) is 3.60. The van der Waals surface area contributed by atoms with Crippen molar-refractivity contribution in [2.45, 2.75) is 12.5 Å². The molecule has 0 aromatic carbocycles. The van der Waals surface area contributed by atoms with Crippen LogP contribution in [0.25, 0.3) is 0 Å². The molecule has 0 saturated carbocycles. The number of carboxylic acid groups (broad SMARTS) is 1. The van der Waals surface area contributed by atoms with Crippen molar-refractivity contribution in [2.24, 2.45) is 7.05 Å². The van der Waals surface area contributed by atoms with Crippen LogP contribution in [0.15, 0.2) is 29.3 Å². The molecule has 2 aromatic heterocycles. The molecule has 0 spiro atoms. The topological polar surface area (TPSA) is 121 Å². The quantitative estimate of drug-likeness (QED) is 0.804. The van der Waals surface area contributed by atoms with E-state index in [4.69, 9.17) is 5.11 Å². The van der Waals surface area contributed by atoms with Crippen LogP contribution in [0.2, 0.25) is 0 Å². The summed E-state index contributed by atoms with van der Waals surface area (Å²) in [5.41, 5.74) is 0.425. The molecule has 4 rings (SSSR count). The average Bonchev–Trinajstić information content (AvgIpc) is 3.03. The second-order valence-corrected chi connectivity index (χ2v) is 6.23. The van der Waals surface area contributed by atoms with Gasteiger partial charge >= 0.3 is 12.0 Å². The lowest BCUT2D eigenvalue weighted by molar-refractivity contribution is 0.0683. The summed E-state index contributed by atoms with van der Waals surface area (Å²) in [6.45, 7) is 1.34. The molecule has 4 heterocycles. The van der Waals surface area contributed by atoms with Gasteiger partial charge in [0.05, 0.1) is 17.9 Å². The summed E-state index contributed by atoms with van der Waals surface area (Å²) < 4.78 is 1.36. The highest BCUT2D eigenvalue weighted by molar-refractivity contribution is 6.04. The maximum Gasteiger partial charge on any atom is 0.374 e. The molecule has 2 N–H and O–H groups in total. The molecule has 2 aliphatic heterocycles. The van der Waals surface area contributed by atoms with Crippen molar-refractivity contribution in [3.05, 3.63) is 40.7 Å². The lowest BCUT2D eigenvalue weighted by Crippen LogP contribution is -2.49. The highest BCUT2D eigenvalue weighted by atomic mass is 16.4. The average molecular weight is 356 g/mol. The zero-order chi connectivity index (χ0) is 18.4. The largest absolute Gasteiger partial charge is 0.475 e. The van der Waals surface area contributed by atoms with E-state index >= 15 is 0 Å². The van der Waals surface area contributed by atoms with E-state index in [1.54, 1.807) is 19.3 Å². The van der Waals surface area contributed by atoms with Gasteiger partial charge in [0.25, 0.3) is 5.56 Å². The maximum absolute atomic E-state index is 12.9. The Morgan fingerprint density at radius 3 is 2.96 bits per heavy atom. The van der Waals surface area contributed by atoms with Gasteiger partial charge in [0.15, 0.2) is 5.82 Å². The van der Waals surface area contributed by atoms with Crippen LogP contribution >= 0.6 is 0 Å². The SMILES string of the molecule is Cn1cccc(NC(=O)N2c3nc(C(=O)O)ncc3N3CC[C@H]2C3)c1=O. The molecule has 2 bridgehead atoms. The van der Waals surface area contributed by atoms with E-state index in [2.05, 4.69) is 15.3 Å². The first-order valence-corrected chi connectivity index (χ1v) is 8.07. The van der Waals surface area contributed by atoms with Crippen LogP contribution in [0.5, 0.6) is 0 Å². The fourth-order valence-electron chi connectivity index (χ4n) is 3.34. The number of aromatic nitrogens is 3. The number of carbonyl (C=O) groups excluding carboxylic acids is 1. The number of aryl methyl sites for hydroxylation is 1. The molecule has 1 atom stereocenters. The predicted molar refractivity (Wildman–Crippen MR) is 92.8 cm³/mol. The lowest BCUT2D eigenvalue weighted by atomic mass is 10.2. The molecular weight excluding hydrogens is 340 g/mol. The maximum atomic E-state index is 12.9. The molecule has 0 aliphatic carbocycles. The number of carbonyl (C=O) groups is 2. The van der Waals surface area contributed by atoms with Crippen molar-refractivity contribution >= 4 is 29.2 Å². The van der Waals surface area contributed by atoms with Gasteiger partial charge in [-0.3, -0.25) is 9.69 Å². The Morgan fingerprint density at radius 1 is 1.38 bits per heavy atom. The molecule has 1 saturated heterocycles. The van der Waals surface area contributed by atoms with Gasteiger partial charge < -0.3 is 19.9 Å². The first-order valence-electron chi connectivity index (χ1n) is 8.07. The predicted octanol–water partition coefficient (Wildman–Crippen LogP) is 0.504. The van der Waals surface area contributed by atoms with Crippen molar-refractivity contribution in [3.63, 3.8) is 0 Å². The second kappa shape index (κ2) is 5.83. The normalized spacial score (nSPS) is 17.8. The number of amides is 2. The molecule has 10 heteroatoms. The number of nitrogens with one attached hydrogen (secondary N) is 1. The number of hydrogen-bond donors (Lipinski definition) is 2. The Morgan fingerprint density at radius 2 is 2.19 bits per heavy atom. The minimum atomic E-state index is -1.27. The molecule has 10 nitrogen and oxygen atoms in total. The first kappa shape index (κ1) is 16.1. The fraction of sp³-hybridized carbons (Fsp3) is 0.312. The zero-order valence-electron chi connectivity index (χ0n) is 13.9. The van der Waals surface area contributed by atoms with E-state index in [0.717, 1.165) is 13.0 Å². The Balaban J connectivity index is 1.73. The highest BCUT2D eigenvalue weighted by Gasteiger charge is 2.41. The third kappa shape index (κ3) is 2.46. The van der Waals surface area contributed by atoms with Gasteiger partial charge in [-0.15, -0.1) is 0 Å². The van der Waals surface area contributed by atoms with Crippen LogP contribution in [-0.4, -0.2) is 50.8 Å². The molecular formula is C16H16N6O4. The summed E-state index contributed by atoms with van der Waals surface area (Å²) in [5.74, 6) is -1.39. The summed E-state index contributed by atoms with van der Waals surface area (Å²) in [6, 6.07) is 2.51. The molecule has 134 valence electrons. The van der Waals surface area contributed by atoms with E-state index in [1.807, 2.05) is 4.90 Å². The summed E-state index contributed by atoms with van der Waals surface area (Å²) in [4.78, 5) is 47.6. The van der Waals surface area contributed by atoms with Crippen molar-refractivity contribution in [1.29, 1.82) is 0 Å². The molecule has 2 aromatic rings. The van der Waals surface area contributed by atoms with Crippen LogP contribution in [0.3, 0.4) is 0 Å². The summed E-state index contributed by atoms with van der Waals surface area (Å²) in [7, 11) is 1.59. The minimum Gasteiger partial charge on any atom is -0.475 e. The van der Waals surface area contributed by atoms with Crippen LogP contribution < -0.4 is 20.7 Å². The Labute approximate surface area is 147 Å². The summed E-state index contributed by atoms with van der Waals surface area (Å²) >= 11 is 0. The lowest BCUT2D eigenvalue weighted by Gasteiger charge is -2.35. The number of aromatic carboxylic acids is 1. The van der Waals surface area contributed by atoms with Gasteiger partial charge in [0, 0.05) is 26.3 Å². The van der Waals surface area contributed by atoms with Gasteiger partial charge in [-0.05, 0) is 18.6 Å². The number of fused-ring (bicyclic) bond motifs is 4. The van der Waals surface area contributed by atoms with Crippen molar-refractivity contribution in [1.82, 2.24) is 14.5 Å². The highest BCUT2D eigenvalue weighted by Crippen LogP contribution is 2.38. The van der Waals surface area contributed by atoms with E-state index in [0.29, 0.717) is 12.2 Å². The van der Waals surface area contributed by atoms with Crippen LogP contribution in [0.1, 0.15) is 17.0 Å². The minimum absolute atomic E-state index is 0.147. The van der Waals surface area contributed by atoms with Crippen LogP contribution in [0, 0.1) is 0 Å². The van der Waals surface area contributed by atoms with E-state index < -0.39 is 12.0 Å². The van der Waals surface area contributed by atoms with Crippen molar-refractivity contribution in [2.75, 3.05) is 28.2 Å². The molecule has 0 radical (unpaired) electrons. The van der Waals surface area contributed by atoms with Gasteiger partial charge in [-0.25, -0.2) is 19.6 Å². The third-order valence-corrected chi connectivity index (χ3v) is 4.62. The smallest absolute Gasteiger partial charge is 0.374 e. The number of rotatable bonds is 2. The van der Waals surface area contributed by atoms with E-state index in [-0.39, 0.29) is 28.9 Å². The number of urea groups is 1. The molecule has 26 heavy (non-hydrogen) atoms. The number of nitrogens with zero attached hydrogens (tertiary/aromatic N) is 5. The van der Waals surface area contributed by atoms with E-state index in [1.165, 1.54) is 21.7 Å². The summed E-state index contributed by atoms with van der Waals surface area (Å²) in [5, 5.41) is 11.8. The second-order valence-electron chi connectivity index (χ2n) is 6.23. The fourth-order valence-corrected chi connectivity index (χ4v) is 3.34. The van der Waals surface area contributed by atoms with Gasteiger partial charge in [-0.1, -0.05) is 0 Å². The van der Waals surface area contributed by atoms with Crippen LogP contribution in [0.4, 0.5) is 22.0 Å². The monoisotopic (exact) mass is 356 g/mol. The molecule has 2 amide bonds. The Bertz CT molecular complexity index is 971. The third-order valence-electron chi connectivity index (χ3n) is 4.62. The zero-order valence-corrected chi connectivity index (χ0v) is 13.9. The van der Waals surface area contributed by atoms with E-state index in [9.17, 15) is 14.4 Å². The van der Waals surface area contributed by atoms with Gasteiger partial charge in [0.1, 0.15) is 5.69 Å². The van der Waals surface area contributed by atoms with Crippen LogP contribution in [-0.2, 0) is 7.05 Å². The Hall–Kier alpha value is -3.43. The summed E-state index contributed by atoms with van der Waals surface area (Å²) in [6.07, 6.45) is 3.74. The number of anilines is 3. The molecule has 1 fully saturated rings. The standard InChI is InChI=1S/C16H16N6O4/c1-20-5-2-3-10(14(20)23)18-16(26)22-9-4-6-21(8-9)11-7-17-12(15(24)25)19-13(11)22/h2-3,5,7,9H,4,6,8H2,1H3,(H,18,26)(H,24,25)/t9-/m0/s1.